The van der Waals surface area contributed by atoms with Crippen molar-refractivity contribution in [2.24, 2.45) is 0 Å². The lowest BCUT2D eigenvalue weighted by Crippen LogP contribution is -1.94. The van der Waals surface area contributed by atoms with Gasteiger partial charge < -0.3 is 13.6 Å². The van der Waals surface area contributed by atoms with Gasteiger partial charge in [-0.1, -0.05) is 151 Å². The van der Waals surface area contributed by atoms with Crippen molar-refractivity contribution in [3.8, 4) is 44.8 Å². The molecule has 0 unspecified atom stereocenters. The molecule has 0 N–H and O–H groups in total. The first kappa shape index (κ1) is 13.3. The van der Waals surface area contributed by atoms with Crippen LogP contribution in [0, 0.1) is 0 Å². The van der Waals surface area contributed by atoms with Crippen molar-refractivity contribution >= 4 is 65.6 Å². The molecular formula is C54H34N2O. The van der Waals surface area contributed by atoms with Crippen LogP contribution in [-0.4, -0.2) is 9.13 Å². The van der Waals surface area contributed by atoms with Crippen LogP contribution in [0.3, 0.4) is 0 Å². The second kappa shape index (κ2) is 12.5. The Balaban J connectivity index is 1.23. The quantitative estimate of drug-likeness (QED) is 0.171. The maximum atomic E-state index is 10.0. The van der Waals surface area contributed by atoms with Crippen LogP contribution in [0.1, 0.15) is 45.2 Å². The molecule has 266 valence electrons. The Labute approximate surface area is 375 Å². The number of hydrogen-bond donors (Lipinski definition) is 0. The van der Waals surface area contributed by atoms with Crippen molar-refractivity contribution in [2.45, 2.75) is 0 Å². The van der Waals surface area contributed by atoms with Gasteiger partial charge in [0.1, 0.15) is 5.58 Å². The Kier molecular flexibility index (Phi) is 2.90. The average molecular weight is 760 g/mol. The molecule has 0 bridgehead atoms. The molecule has 0 atom stereocenters. The molecule has 0 fully saturated rings. The molecule has 3 heteroatoms. The summed E-state index contributed by atoms with van der Waals surface area (Å²) < 4.78 is 306. The average Bonchev–Trinajstić information content (AvgIpc) is 1.52. The molecule has 0 saturated carbocycles. The Hall–Kier alpha value is -7.62. The van der Waals surface area contributed by atoms with Crippen molar-refractivity contribution in [3.63, 3.8) is 0 Å². The molecule has 3 aromatic heterocycles. The van der Waals surface area contributed by atoms with Gasteiger partial charge in [-0.2, -0.15) is 0 Å². The van der Waals surface area contributed by atoms with Crippen LogP contribution < -0.4 is 0 Å². The van der Waals surface area contributed by atoms with E-state index in [1.165, 1.54) is 0 Å². The van der Waals surface area contributed by atoms with Gasteiger partial charge in [-0.05, 0) is 82.2 Å². The van der Waals surface area contributed by atoms with Crippen molar-refractivity contribution in [3.05, 3.63) is 205 Å². The summed E-state index contributed by atoms with van der Waals surface area (Å²) in [6.07, 6.45) is 0. The molecule has 9 aromatic carbocycles. The molecular weight excluding hydrogens is 693 g/mol. The van der Waals surface area contributed by atoms with E-state index in [9.17, 15) is 19.2 Å². The lowest BCUT2D eigenvalue weighted by atomic mass is 9.99. The summed E-state index contributed by atoms with van der Waals surface area (Å²) in [6.45, 7) is 0. The molecule has 0 amide bonds. The number of hydrogen-bond acceptors (Lipinski definition) is 1. The highest BCUT2D eigenvalue weighted by Crippen LogP contribution is 2.42. The number of rotatable bonds is 5. The molecule has 0 saturated heterocycles. The number of para-hydroxylation sites is 5. The van der Waals surface area contributed by atoms with Gasteiger partial charge in [-0.15, -0.1) is 0 Å². The Morgan fingerprint density at radius 3 is 1.53 bits per heavy atom. The third-order valence-corrected chi connectivity index (χ3v) is 9.29. The summed E-state index contributed by atoms with van der Waals surface area (Å²) in [5.41, 5.74) is -9.82. The van der Waals surface area contributed by atoms with Gasteiger partial charge >= 0.3 is 0 Å². The maximum absolute atomic E-state index is 10.0. The normalized spacial score (nSPS) is 20.0. The molecule has 12 rings (SSSR count). The molecule has 3 nitrogen and oxygen atoms in total. The predicted octanol–water partition coefficient (Wildman–Crippen LogP) is 14.8. The fourth-order valence-corrected chi connectivity index (χ4v) is 6.85. The standard InChI is InChI=1S/C54H34N2O/c1-3-13-35(14-4-1)36-25-27-37(28-26-36)41-19-11-20-44-45-21-12-24-52(54(45)57-53(41)44)56-49-23-10-8-18-43(49)47-34-39(30-32-51(47)56)38-29-31-50-46(33-38)42-17-7-9-22-48(42)55(50)40-15-5-2-6-16-40/h1-34H/i1D,2D,3D,4D,5D,6D,7D,8D,9D,10D,11D,12D,13D,14D,15D,16D,17D,18D,20D,21D,22D,23D,24D,25D,26D,27D,28D,29D,30D,31D,32D,33D,34D. The molecule has 0 radical (unpaired) electrons. The van der Waals surface area contributed by atoms with Gasteiger partial charge in [0.15, 0.2) is 5.58 Å². The van der Waals surface area contributed by atoms with Crippen LogP contribution >= 0.6 is 0 Å². The second-order valence-corrected chi connectivity index (χ2v) is 12.4. The molecule has 12 aromatic rings. The van der Waals surface area contributed by atoms with E-state index in [-0.39, 0.29) is 0 Å². The monoisotopic (exact) mass is 759 g/mol. The number of benzene rings is 9. The number of aromatic nitrogens is 2. The number of furan rings is 1. The van der Waals surface area contributed by atoms with Crippen LogP contribution in [0.25, 0.3) is 110 Å². The van der Waals surface area contributed by atoms with Gasteiger partial charge in [0.25, 0.3) is 0 Å². The zero-order valence-corrected chi connectivity index (χ0v) is 28.4. The largest absolute Gasteiger partial charge is 0.453 e. The number of nitrogens with zero attached hydrogens (tertiary/aromatic N) is 2. The summed E-state index contributed by atoms with van der Waals surface area (Å²) >= 11 is 0. The highest BCUT2D eigenvalue weighted by atomic mass is 16.3. The first-order valence-electron chi connectivity index (χ1n) is 33.3. The Morgan fingerprint density at radius 2 is 0.825 bits per heavy atom. The van der Waals surface area contributed by atoms with Gasteiger partial charge in [-0.25, -0.2) is 0 Å². The fraction of sp³-hybridized carbons (Fsp3) is 0. The Bertz CT molecular complexity index is 5380. The Morgan fingerprint density at radius 1 is 0.333 bits per heavy atom. The summed E-state index contributed by atoms with van der Waals surface area (Å²) in [6, 6.07) is -29.5. The van der Waals surface area contributed by atoms with E-state index in [4.69, 9.17) is 30.5 Å². The van der Waals surface area contributed by atoms with E-state index in [2.05, 4.69) is 0 Å². The van der Waals surface area contributed by atoms with Gasteiger partial charge in [0.05, 0.1) is 73.0 Å². The fourth-order valence-electron chi connectivity index (χ4n) is 6.85. The molecule has 57 heavy (non-hydrogen) atoms. The highest BCUT2D eigenvalue weighted by Gasteiger charge is 2.20. The maximum Gasteiger partial charge on any atom is 0.159 e. The van der Waals surface area contributed by atoms with Crippen LogP contribution in [0.2, 0.25) is 0 Å². The lowest BCUT2D eigenvalue weighted by molar-refractivity contribution is 0.667. The van der Waals surface area contributed by atoms with Crippen LogP contribution in [0.15, 0.2) is 210 Å². The minimum absolute atomic E-state index is 0.498. The highest BCUT2D eigenvalue weighted by molar-refractivity contribution is 6.15. The molecule has 0 aliphatic carbocycles. The third-order valence-electron chi connectivity index (χ3n) is 9.29. The van der Waals surface area contributed by atoms with Gasteiger partial charge in [0, 0.05) is 43.6 Å². The zero-order valence-electron chi connectivity index (χ0n) is 61.4. The molecule has 0 aliphatic rings. The minimum Gasteiger partial charge on any atom is -0.453 e. The van der Waals surface area contributed by atoms with E-state index in [0.29, 0.717) is 0 Å². The minimum atomic E-state index is -1.09. The van der Waals surface area contributed by atoms with E-state index >= 15 is 0 Å². The van der Waals surface area contributed by atoms with Crippen LogP contribution in [0.5, 0.6) is 0 Å². The molecule has 3 heterocycles. The first-order valence-corrected chi connectivity index (χ1v) is 16.8. The van der Waals surface area contributed by atoms with Crippen molar-refractivity contribution in [1.29, 1.82) is 0 Å². The van der Waals surface area contributed by atoms with Crippen LogP contribution in [0.4, 0.5) is 0 Å². The van der Waals surface area contributed by atoms with Crippen molar-refractivity contribution in [2.75, 3.05) is 0 Å². The molecule has 0 aliphatic heterocycles. The molecule has 0 spiro atoms. The van der Waals surface area contributed by atoms with E-state index in [1.54, 1.807) is 0 Å². The summed E-state index contributed by atoms with van der Waals surface area (Å²) in [4.78, 5) is 0. The van der Waals surface area contributed by atoms with Gasteiger partial charge in [0.2, 0.25) is 0 Å². The second-order valence-electron chi connectivity index (χ2n) is 12.4. The SMILES string of the molecule is [2H]c1cc(-c2c([2H])c([2H])c(-c3c([2H])c([2H])c([2H])c([2H])c3[2H])c([2H])c2[2H])c2oc3c(-n4c5c([2H])c([2H])c([2H])c([2H])c5c5c([2H])c(-c6c([2H])c([2H])c7c(c6[2H])c6c([2H])c([2H])c([2H])c([2H])c6n7-c6c([2H])c([2H])c([2H])c([2H])c6[2H])c([2H])c([2H])c54)c([2H])c([2H])c([2H])c3c2c1[2H]. The number of fused-ring (bicyclic) bond motifs is 9. The smallest absolute Gasteiger partial charge is 0.159 e. The van der Waals surface area contributed by atoms with Crippen molar-refractivity contribution < 1.29 is 49.7 Å². The summed E-state index contributed by atoms with van der Waals surface area (Å²) in [7, 11) is 0. The van der Waals surface area contributed by atoms with E-state index in [1.807, 2.05) is 0 Å². The third kappa shape index (κ3) is 4.86. The predicted molar refractivity (Wildman–Crippen MR) is 239 cm³/mol. The van der Waals surface area contributed by atoms with Crippen molar-refractivity contribution in [1.82, 2.24) is 9.13 Å². The topological polar surface area (TPSA) is 23.0 Å². The van der Waals surface area contributed by atoms with Gasteiger partial charge in [-0.3, -0.25) is 0 Å². The lowest BCUT2D eigenvalue weighted by Gasteiger charge is -2.10. The van der Waals surface area contributed by atoms with E-state index < -0.39 is 310 Å². The zero-order chi connectivity index (χ0) is 66.2. The first-order chi connectivity index (χ1) is 42.0. The summed E-state index contributed by atoms with van der Waals surface area (Å²) in [5.74, 6) is 0. The van der Waals surface area contributed by atoms with Crippen LogP contribution in [-0.2, 0) is 0 Å². The summed E-state index contributed by atoms with van der Waals surface area (Å²) in [5, 5.41) is -3.62. The van der Waals surface area contributed by atoms with E-state index in [0.717, 1.165) is 15.2 Å².